The predicted molar refractivity (Wildman–Crippen MR) is 80.6 cm³/mol. The van der Waals surface area contributed by atoms with Crippen LogP contribution < -0.4 is 5.32 Å². The first-order valence-electron chi connectivity index (χ1n) is 7.41. The van der Waals surface area contributed by atoms with Crippen molar-refractivity contribution in [1.82, 2.24) is 15.0 Å². The molecule has 0 aliphatic carbocycles. The minimum Gasteiger partial charge on any atom is -0.361 e. The standard InChI is InChI=1S/C16H25N3O/c1-5-7-17-16(12(2)3)14-6-8-19(10-14)11-15-9-13(4)20-18-15/h6,8-10,12,16-17H,5,7,11H2,1-4H3. The quantitative estimate of drug-likeness (QED) is 0.840. The van der Waals surface area contributed by atoms with Gasteiger partial charge in [-0.15, -0.1) is 0 Å². The molecule has 2 heterocycles. The molecule has 0 bridgehead atoms. The van der Waals surface area contributed by atoms with Crippen LogP contribution in [0.5, 0.6) is 0 Å². The summed E-state index contributed by atoms with van der Waals surface area (Å²) in [5.74, 6) is 1.43. The molecule has 1 atom stereocenters. The van der Waals surface area contributed by atoms with Crippen LogP contribution in [0.2, 0.25) is 0 Å². The lowest BCUT2D eigenvalue weighted by atomic mass is 9.98. The maximum Gasteiger partial charge on any atom is 0.133 e. The van der Waals surface area contributed by atoms with E-state index in [4.69, 9.17) is 4.52 Å². The number of aryl methyl sites for hydroxylation is 1. The van der Waals surface area contributed by atoms with Gasteiger partial charge in [0.1, 0.15) is 11.5 Å². The van der Waals surface area contributed by atoms with Gasteiger partial charge in [0.25, 0.3) is 0 Å². The number of hydrogen-bond donors (Lipinski definition) is 1. The van der Waals surface area contributed by atoms with Crippen LogP contribution in [0.15, 0.2) is 29.0 Å². The molecule has 0 aromatic carbocycles. The Morgan fingerprint density at radius 2 is 2.20 bits per heavy atom. The van der Waals surface area contributed by atoms with Crippen LogP contribution in [0.4, 0.5) is 0 Å². The van der Waals surface area contributed by atoms with Gasteiger partial charge in [0.15, 0.2) is 0 Å². The normalized spacial score (nSPS) is 13.1. The molecule has 0 amide bonds. The van der Waals surface area contributed by atoms with E-state index in [1.54, 1.807) is 0 Å². The molecule has 2 aromatic rings. The highest BCUT2D eigenvalue weighted by atomic mass is 16.5. The molecule has 0 spiro atoms. The van der Waals surface area contributed by atoms with E-state index in [0.717, 1.165) is 31.0 Å². The van der Waals surface area contributed by atoms with E-state index in [2.05, 4.69) is 54.3 Å². The van der Waals surface area contributed by atoms with Gasteiger partial charge in [-0.3, -0.25) is 0 Å². The van der Waals surface area contributed by atoms with Crippen LogP contribution in [0, 0.1) is 12.8 Å². The Balaban J connectivity index is 2.06. The van der Waals surface area contributed by atoms with Crippen molar-refractivity contribution in [2.45, 2.75) is 46.7 Å². The zero-order valence-electron chi connectivity index (χ0n) is 12.9. The molecule has 1 unspecified atom stereocenters. The third kappa shape index (κ3) is 3.73. The first-order chi connectivity index (χ1) is 9.60. The molecule has 110 valence electrons. The van der Waals surface area contributed by atoms with E-state index in [9.17, 15) is 0 Å². The van der Waals surface area contributed by atoms with Crippen LogP contribution in [0.25, 0.3) is 0 Å². The second kappa shape index (κ2) is 6.75. The van der Waals surface area contributed by atoms with Crippen molar-refractivity contribution >= 4 is 0 Å². The first kappa shape index (κ1) is 14.9. The first-order valence-corrected chi connectivity index (χ1v) is 7.41. The van der Waals surface area contributed by atoms with E-state index in [1.807, 2.05) is 13.0 Å². The monoisotopic (exact) mass is 275 g/mol. The predicted octanol–water partition coefficient (Wildman–Crippen LogP) is 3.53. The highest BCUT2D eigenvalue weighted by molar-refractivity contribution is 5.17. The van der Waals surface area contributed by atoms with Gasteiger partial charge in [-0.25, -0.2) is 0 Å². The van der Waals surface area contributed by atoms with E-state index in [1.165, 1.54) is 5.56 Å². The number of nitrogens with zero attached hydrogens (tertiary/aromatic N) is 2. The molecule has 0 aliphatic heterocycles. The van der Waals surface area contributed by atoms with Crippen LogP contribution in [-0.2, 0) is 6.54 Å². The third-order valence-electron chi connectivity index (χ3n) is 3.43. The zero-order chi connectivity index (χ0) is 14.5. The lowest BCUT2D eigenvalue weighted by Crippen LogP contribution is -2.26. The molecular formula is C16H25N3O. The van der Waals surface area contributed by atoms with Crippen LogP contribution in [0.3, 0.4) is 0 Å². The lowest BCUT2D eigenvalue weighted by Gasteiger charge is -2.21. The summed E-state index contributed by atoms with van der Waals surface area (Å²) in [7, 11) is 0. The van der Waals surface area contributed by atoms with E-state index >= 15 is 0 Å². The summed E-state index contributed by atoms with van der Waals surface area (Å²) in [6.07, 6.45) is 5.47. The second-order valence-electron chi connectivity index (χ2n) is 5.72. The Kier molecular flexibility index (Phi) is 5.01. The number of nitrogens with one attached hydrogen (secondary N) is 1. The number of aromatic nitrogens is 2. The SMILES string of the molecule is CCCNC(c1ccn(Cc2cc(C)on2)c1)C(C)C. The molecule has 1 N–H and O–H groups in total. The van der Waals surface area contributed by atoms with E-state index in [0.29, 0.717) is 12.0 Å². The average Bonchev–Trinajstić information content (AvgIpc) is 3.00. The summed E-state index contributed by atoms with van der Waals surface area (Å²) in [4.78, 5) is 0. The van der Waals surface area contributed by atoms with Crippen molar-refractivity contribution < 1.29 is 4.52 Å². The molecule has 2 aromatic heterocycles. The van der Waals surface area contributed by atoms with Crippen LogP contribution >= 0.6 is 0 Å². The molecule has 0 radical (unpaired) electrons. The van der Waals surface area contributed by atoms with E-state index < -0.39 is 0 Å². The summed E-state index contributed by atoms with van der Waals surface area (Å²) in [5.41, 5.74) is 2.31. The summed E-state index contributed by atoms with van der Waals surface area (Å²) >= 11 is 0. The summed E-state index contributed by atoms with van der Waals surface area (Å²) in [6, 6.07) is 4.59. The number of hydrogen-bond acceptors (Lipinski definition) is 3. The van der Waals surface area contributed by atoms with Crippen molar-refractivity contribution in [3.8, 4) is 0 Å². The van der Waals surface area contributed by atoms with E-state index in [-0.39, 0.29) is 0 Å². The Hall–Kier alpha value is -1.55. The van der Waals surface area contributed by atoms with Crippen molar-refractivity contribution in [3.05, 3.63) is 41.5 Å². The Bertz CT molecular complexity index is 527. The average molecular weight is 275 g/mol. The Morgan fingerprint density at radius 1 is 1.40 bits per heavy atom. The van der Waals surface area contributed by atoms with Gasteiger partial charge in [-0.05, 0) is 37.4 Å². The summed E-state index contributed by atoms with van der Waals surface area (Å²) in [5, 5.41) is 7.66. The van der Waals surface area contributed by atoms with Gasteiger partial charge < -0.3 is 14.4 Å². The molecule has 2 rings (SSSR count). The fourth-order valence-electron chi connectivity index (χ4n) is 2.46. The minimum atomic E-state index is 0.412. The maximum atomic E-state index is 5.11. The topological polar surface area (TPSA) is 43.0 Å². The number of rotatable bonds is 7. The molecule has 4 nitrogen and oxygen atoms in total. The molecule has 0 saturated carbocycles. The summed E-state index contributed by atoms with van der Waals surface area (Å²) in [6.45, 7) is 10.4. The fourth-order valence-corrected chi connectivity index (χ4v) is 2.46. The minimum absolute atomic E-state index is 0.412. The molecule has 0 aliphatic rings. The second-order valence-corrected chi connectivity index (χ2v) is 5.72. The molecule has 4 heteroatoms. The van der Waals surface area contributed by atoms with Gasteiger partial charge in [0.2, 0.25) is 0 Å². The highest BCUT2D eigenvalue weighted by Crippen LogP contribution is 2.22. The molecule has 20 heavy (non-hydrogen) atoms. The van der Waals surface area contributed by atoms with Crippen molar-refractivity contribution in [2.75, 3.05) is 6.54 Å². The van der Waals surface area contributed by atoms with Crippen LogP contribution in [0.1, 0.15) is 50.3 Å². The molecule has 0 saturated heterocycles. The molecule has 0 fully saturated rings. The smallest absolute Gasteiger partial charge is 0.133 e. The van der Waals surface area contributed by atoms with Gasteiger partial charge in [0, 0.05) is 24.5 Å². The molecular weight excluding hydrogens is 250 g/mol. The van der Waals surface area contributed by atoms with Gasteiger partial charge in [-0.2, -0.15) is 0 Å². The fraction of sp³-hybridized carbons (Fsp3) is 0.562. The van der Waals surface area contributed by atoms with Crippen LogP contribution in [-0.4, -0.2) is 16.3 Å². The van der Waals surface area contributed by atoms with Gasteiger partial charge in [0.05, 0.1) is 6.54 Å². The lowest BCUT2D eigenvalue weighted by molar-refractivity contribution is 0.389. The maximum absolute atomic E-state index is 5.11. The zero-order valence-corrected chi connectivity index (χ0v) is 12.9. The van der Waals surface area contributed by atoms with Crippen molar-refractivity contribution in [3.63, 3.8) is 0 Å². The van der Waals surface area contributed by atoms with Crippen molar-refractivity contribution in [2.24, 2.45) is 5.92 Å². The van der Waals surface area contributed by atoms with Crippen molar-refractivity contribution in [1.29, 1.82) is 0 Å². The largest absolute Gasteiger partial charge is 0.361 e. The van der Waals surface area contributed by atoms with Gasteiger partial charge >= 0.3 is 0 Å². The summed E-state index contributed by atoms with van der Waals surface area (Å²) < 4.78 is 7.27. The highest BCUT2D eigenvalue weighted by Gasteiger charge is 2.16. The van der Waals surface area contributed by atoms with Gasteiger partial charge in [-0.1, -0.05) is 25.9 Å². The Morgan fingerprint density at radius 3 is 2.80 bits per heavy atom. The Labute approximate surface area is 121 Å². The third-order valence-corrected chi connectivity index (χ3v) is 3.43.